The number of ether oxygens (including phenoxy) is 2. The van der Waals surface area contributed by atoms with E-state index in [1.54, 1.807) is 6.07 Å². The van der Waals surface area contributed by atoms with E-state index >= 15 is 0 Å². The smallest absolute Gasteiger partial charge is 0.228 e. The van der Waals surface area contributed by atoms with Gasteiger partial charge in [0.1, 0.15) is 12.4 Å². The van der Waals surface area contributed by atoms with Crippen molar-refractivity contribution in [2.45, 2.75) is 12.8 Å². The molecule has 2 aromatic carbocycles. The molecule has 34 heavy (non-hydrogen) atoms. The molecule has 3 heterocycles. The number of benzene rings is 2. The Labute approximate surface area is 198 Å². The van der Waals surface area contributed by atoms with Gasteiger partial charge in [0.05, 0.1) is 23.7 Å². The van der Waals surface area contributed by atoms with Crippen LogP contribution in [0.2, 0.25) is 0 Å². The molecule has 178 valence electrons. The van der Waals surface area contributed by atoms with Crippen LogP contribution in [0.3, 0.4) is 0 Å². The highest BCUT2D eigenvalue weighted by atomic mass is 19.1. The minimum atomic E-state index is -0.429. The van der Waals surface area contributed by atoms with Gasteiger partial charge in [-0.1, -0.05) is 0 Å². The van der Waals surface area contributed by atoms with Gasteiger partial charge in [0.15, 0.2) is 11.6 Å². The highest BCUT2D eigenvalue weighted by Gasteiger charge is 2.47. The number of fused-ring (bicyclic) bond motifs is 1. The maximum Gasteiger partial charge on any atom is 0.228 e. The van der Waals surface area contributed by atoms with Gasteiger partial charge in [-0.15, -0.1) is 0 Å². The summed E-state index contributed by atoms with van der Waals surface area (Å²) in [5, 5.41) is 6.75. The molecule has 0 bridgehead atoms. The summed E-state index contributed by atoms with van der Waals surface area (Å²) in [5.41, 5.74) is 2.87. The SMILES string of the molecule is CNCCOc1ccc(-c2cc(N3CCC4(CCNC4=O)C3)c3cc(F)c(OC)cc3n2)cc1. The zero-order chi connectivity index (χ0) is 23.7. The number of rotatable bonds is 7. The molecule has 1 amide bonds. The summed E-state index contributed by atoms with van der Waals surface area (Å²) in [6.45, 7) is 3.42. The van der Waals surface area contributed by atoms with Crippen LogP contribution in [0.25, 0.3) is 22.2 Å². The Hall–Kier alpha value is -3.39. The van der Waals surface area contributed by atoms with Gasteiger partial charge in [0.2, 0.25) is 5.91 Å². The molecule has 1 aromatic heterocycles. The lowest BCUT2D eigenvalue weighted by atomic mass is 9.86. The standard InChI is InChI=1S/C26H29FN4O3/c1-28-10-12-34-18-5-3-17(4-6-18)21-14-23(19-13-20(27)24(33-2)15-22(19)30-21)31-11-8-26(16-31)7-9-29-25(26)32/h3-6,13-15,28H,7-12,16H2,1-2H3,(H,29,32). The first-order valence-corrected chi connectivity index (χ1v) is 11.6. The second-order valence-corrected chi connectivity index (χ2v) is 8.96. The predicted molar refractivity (Wildman–Crippen MR) is 130 cm³/mol. The number of halogens is 1. The Kier molecular flexibility index (Phi) is 6.00. The van der Waals surface area contributed by atoms with Crippen molar-refractivity contribution in [2.75, 3.05) is 51.8 Å². The van der Waals surface area contributed by atoms with Gasteiger partial charge in [-0.3, -0.25) is 4.79 Å². The minimum Gasteiger partial charge on any atom is -0.494 e. The Balaban J connectivity index is 1.54. The topological polar surface area (TPSA) is 75.7 Å². The highest BCUT2D eigenvalue weighted by molar-refractivity contribution is 5.96. The second kappa shape index (κ2) is 9.10. The van der Waals surface area contributed by atoms with E-state index in [2.05, 4.69) is 15.5 Å². The van der Waals surface area contributed by atoms with Crippen LogP contribution in [0.15, 0.2) is 42.5 Å². The molecule has 2 aliphatic heterocycles. The summed E-state index contributed by atoms with van der Waals surface area (Å²) in [6.07, 6.45) is 1.62. The van der Waals surface area contributed by atoms with Crippen LogP contribution in [0.5, 0.6) is 11.5 Å². The fraction of sp³-hybridized carbons (Fsp3) is 0.385. The maximum atomic E-state index is 14.7. The van der Waals surface area contributed by atoms with Crippen LogP contribution in [-0.2, 0) is 4.79 Å². The van der Waals surface area contributed by atoms with Crippen molar-refractivity contribution < 1.29 is 18.7 Å². The third-order valence-electron chi connectivity index (χ3n) is 6.90. The van der Waals surface area contributed by atoms with Crippen molar-refractivity contribution in [3.05, 3.63) is 48.3 Å². The van der Waals surface area contributed by atoms with Crippen molar-refractivity contribution in [3.63, 3.8) is 0 Å². The first-order chi connectivity index (χ1) is 16.5. The van der Waals surface area contributed by atoms with Crippen LogP contribution in [0, 0.1) is 11.2 Å². The number of methoxy groups -OCH3 is 1. The largest absolute Gasteiger partial charge is 0.494 e. The molecule has 2 fully saturated rings. The molecule has 2 aliphatic rings. The quantitative estimate of drug-likeness (QED) is 0.523. The first-order valence-electron chi connectivity index (χ1n) is 11.6. The fourth-order valence-electron chi connectivity index (χ4n) is 4.95. The number of pyridine rings is 1. The predicted octanol–water partition coefficient (Wildman–Crippen LogP) is 3.36. The number of amides is 1. The maximum absolute atomic E-state index is 14.7. The van der Waals surface area contributed by atoms with Crippen LogP contribution < -0.4 is 25.0 Å². The lowest BCUT2D eigenvalue weighted by Crippen LogP contribution is -2.34. The Morgan fingerprint density at radius 2 is 2.03 bits per heavy atom. The third kappa shape index (κ3) is 4.03. The Morgan fingerprint density at radius 1 is 1.21 bits per heavy atom. The van der Waals surface area contributed by atoms with Gasteiger partial charge in [0.25, 0.3) is 0 Å². The molecule has 0 radical (unpaired) electrons. The number of anilines is 1. The zero-order valence-electron chi connectivity index (χ0n) is 19.5. The number of hydrogen-bond donors (Lipinski definition) is 2. The minimum absolute atomic E-state index is 0.121. The van der Waals surface area contributed by atoms with E-state index in [-0.39, 0.29) is 17.1 Å². The highest BCUT2D eigenvalue weighted by Crippen LogP contribution is 2.42. The summed E-state index contributed by atoms with van der Waals surface area (Å²) in [5.74, 6) is 0.638. The zero-order valence-corrected chi connectivity index (χ0v) is 19.5. The van der Waals surface area contributed by atoms with Crippen molar-refractivity contribution in [3.8, 4) is 22.8 Å². The van der Waals surface area contributed by atoms with Gasteiger partial charge >= 0.3 is 0 Å². The van der Waals surface area contributed by atoms with Gasteiger partial charge in [-0.25, -0.2) is 9.37 Å². The van der Waals surface area contributed by atoms with E-state index in [0.717, 1.165) is 48.6 Å². The van der Waals surface area contributed by atoms with Crippen molar-refractivity contribution in [1.29, 1.82) is 0 Å². The van der Waals surface area contributed by atoms with Gasteiger partial charge in [-0.2, -0.15) is 0 Å². The van der Waals surface area contributed by atoms with E-state index in [1.165, 1.54) is 13.2 Å². The van der Waals surface area contributed by atoms with E-state index in [9.17, 15) is 9.18 Å². The fourth-order valence-corrected chi connectivity index (χ4v) is 4.95. The van der Waals surface area contributed by atoms with E-state index in [0.29, 0.717) is 30.6 Å². The summed E-state index contributed by atoms with van der Waals surface area (Å²) >= 11 is 0. The van der Waals surface area contributed by atoms with E-state index in [4.69, 9.17) is 14.5 Å². The molecule has 7 nitrogen and oxygen atoms in total. The normalized spacial score (nSPS) is 19.7. The number of hydrogen-bond acceptors (Lipinski definition) is 6. The molecule has 0 saturated carbocycles. The first kappa shape index (κ1) is 22.4. The summed E-state index contributed by atoms with van der Waals surface area (Å²) in [6, 6.07) is 12.9. The molecule has 1 atom stereocenters. The lowest BCUT2D eigenvalue weighted by Gasteiger charge is -2.24. The molecule has 1 unspecified atom stereocenters. The van der Waals surface area contributed by atoms with Crippen molar-refractivity contribution in [1.82, 2.24) is 15.6 Å². The number of nitrogens with one attached hydrogen (secondary N) is 2. The monoisotopic (exact) mass is 464 g/mol. The van der Waals surface area contributed by atoms with E-state index < -0.39 is 5.82 Å². The van der Waals surface area contributed by atoms with Crippen molar-refractivity contribution in [2.24, 2.45) is 5.41 Å². The van der Waals surface area contributed by atoms with Gasteiger partial charge in [-0.05, 0) is 56.3 Å². The molecule has 2 saturated heterocycles. The molecule has 8 heteroatoms. The molecular formula is C26H29FN4O3. The number of aromatic nitrogens is 1. The third-order valence-corrected chi connectivity index (χ3v) is 6.90. The molecule has 0 aliphatic carbocycles. The number of carbonyl (C=O) groups excluding carboxylic acids is 1. The van der Waals surface area contributed by atoms with Gasteiger partial charge < -0.3 is 25.0 Å². The van der Waals surface area contributed by atoms with Crippen LogP contribution in [-0.4, -0.2) is 57.8 Å². The summed E-state index contributed by atoms with van der Waals surface area (Å²) in [7, 11) is 3.34. The number of likely N-dealkylation sites (N-methyl/N-ethyl adjacent to an activating group) is 1. The molecule has 1 spiro atoms. The average molecular weight is 465 g/mol. The van der Waals surface area contributed by atoms with Gasteiger partial charge in [0, 0.05) is 48.9 Å². The lowest BCUT2D eigenvalue weighted by molar-refractivity contribution is -0.126. The van der Waals surface area contributed by atoms with Crippen LogP contribution >= 0.6 is 0 Å². The van der Waals surface area contributed by atoms with E-state index in [1.807, 2.05) is 37.4 Å². The molecule has 5 rings (SSSR count). The summed E-state index contributed by atoms with van der Waals surface area (Å²) < 4.78 is 25.6. The molecule has 3 aromatic rings. The Bertz CT molecular complexity index is 1220. The number of nitrogens with zero attached hydrogens (tertiary/aromatic N) is 2. The number of carbonyl (C=O) groups is 1. The summed E-state index contributed by atoms with van der Waals surface area (Å²) in [4.78, 5) is 19.6. The average Bonchev–Trinajstić information content (AvgIpc) is 3.44. The van der Waals surface area contributed by atoms with Crippen LogP contribution in [0.4, 0.5) is 10.1 Å². The molecule has 2 N–H and O–H groups in total. The second-order valence-electron chi connectivity index (χ2n) is 8.96. The molecular weight excluding hydrogens is 435 g/mol. The Morgan fingerprint density at radius 3 is 2.74 bits per heavy atom. The van der Waals surface area contributed by atoms with Crippen LogP contribution in [0.1, 0.15) is 12.8 Å². The van der Waals surface area contributed by atoms with Crippen molar-refractivity contribution >= 4 is 22.5 Å².